The van der Waals surface area contributed by atoms with Crippen LogP contribution in [-0.2, 0) is 7.05 Å². The van der Waals surface area contributed by atoms with E-state index in [4.69, 9.17) is 16.7 Å². The van der Waals surface area contributed by atoms with Gasteiger partial charge in [0.15, 0.2) is 0 Å². The summed E-state index contributed by atoms with van der Waals surface area (Å²) in [6.45, 7) is 1.85. The molecule has 0 saturated heterocycles. The second kappa shape index (κ2) is 3.24. The zero-order chi connectivity index (χ0) is 11.2. The van der Waals surface area contributed by atoms with Gasteiger partial charge in [-0.05, 0) is 19.1 Å². The number of hydrogen-bond acceptors (Lipinski definition) is 2. The summed E-state index contributed by atoms with van der Waals surface area (Å²) in [6, 6.07) is 3.06. The molecular weight excluding hydrogens is 216 g/mol. The van der Waals surface area contributed by atoms with E-state index in [1.165, 1.54) is 6.07 Å². The third kappa shape index (κ3) is 1.37. The highest BCUT2D eigenvalue weighted by Gasteiger charge is 2.16. The molecule has 2 aromatic rings. The monoisotopic (exact) mass is 224 g/mol. The summed E-state index contributed by atoms with van der Waals surface area (Å²) in [6.07, 6.45) is 0. The number of aromatic nitrogens is 2. The first-order valence-electron chi connectivity index (χ1n) is 4.37. The van der Waals surface area contributed by atoms with Gasteiger partial charge in [-0.15, -0.1) is 0 Å². The molecule has 0 amide bonds. The molecule has 0 fully saturated rings. The summed E-state index contributed by atoms with van der Waals surface area (Å²) in [5.74, 6) is -0.991. The molecule has 2 rings (SSSR count). The van der Waals surface area contributed by atoms with E-state index < -0.39 is 5.97 Å². The molecule has 0 radical (unpaired) electrons. The molecule has 1 aromatic heterocycles. The molecule has 5 heteroatoms. The van der Waals surface area contributed by atoms with Gasteiger partial charge in [-0.1, -0.05) is 11.6 Å². The number of carboxylic acid groups (broad SMARTS) is 1. The largest absolute Gasteiger partial charge is 0.478 e. The Balaban J connectivity index is 2.95. The Kier molecular flexibility index (Phi) is 2.16. The predicted molar refractivity (Wildman–Crippen MR) is 57.4 cm³/mol. The van der Waals surface area contributed by atoms with Crippen LogP contribution in [0.4, 0.5) is 0 Å². The molecule has 0 unspecified atom stereocenters. The maximum absolute atomic E-state index is 11.0. The van der Waals surface area contributed by atoms with Crippen molar-refractivity contribution >= 4 is 28.5 Å². The summed E-state index contributed by atoms with van der Waals surface area (Å²) in [4.78, 5) is 11.0. The van der Waals surface area contributed by atoms with Gasteiger partial charge in [-0.25, -0.2) is 4.79 Å². The number of carbonyl (C=O) groups is 1. The highest BCUT2D eigenvalue weighted by atomic mass is 35.5. The van der Waals surface area contributed by atoms with Crippen molar-refractivity contribution in [1.82, 2.24) is 9.78 Å². The highest BCUT2D eigenvalue weighted by molar-refractivity contribution is 6.36. The summed E-state index contributed by atoms with van der Waals surface area (Å²) >= 11 is 6.01. The molecule has 0 aliphatic rings. The Labute approximate surface area is 91.1 Å². The van der Waals surface area contributed by atoms with E-state index in [9.17, 15) is 4.79 Å². The van der Waals surface area contributed by atoms with Gasteiger partial charge < -0.3 is 5.11 Å². The Morgan fingerprint density at radius 3 is 2.80 bits per heavy atom. The van der Waals surface area contributed by atoms with Crippen molar-refractivity contribution in [3.05, 3.63) is 28.4 Å². The van der Waals surface area contributed by atoms with Crippen molar-refractivity contribution < 1.29 is 9.90 Å². The number of nitrogens with zero attached hydrogens (tertiary/aromatic N) is 2. The smallest absolute Gasteiger partial charge is 0.337 e. The topological polar surface area (TPSA) is 55.1 Å². The van der Waals surface area contributed by atoms with Gasteiger partial charge in [0.25, 0.3) is 0 Å². The zero-order valence-electron chi connectivity index (χ0n) is 8.28. The Morgan fingerprint density at radius 1 is 1.53 bits per heavy atom. The van der Waals surface area contributed by atoms with Gasteiger partial charge in [0.1, 0.15) is 5.52 Å². The molecule has 0 aliphatic carbocycles. The molecule has 0 aliphatic heterocycles. The normalized spacial score (nSPS) is 10.9. The minimum absolute atomic E-state index is 0.179. The molecule has 0 saturated carbocycles. The fourth-order valence-electron chi connectivity index (χ4n) is 1.57. The minimum atomic E-state index is -0.991. The van der Waals surface area contributed by atoms with E-state index in [0.717, 1.165) is 5.69 Å². The Hall–Kier alpha value is -1.55. The second-order valence-corrected chi connectivity index (χ2v) is 3.74. The van der Waals surface area contributed by atoms with Crippen LogP contribution in [-0.4, -0.2) is 20.9 Å². The highest BCUT2D eigenvalue weighted by Crippen LogP contribution is 2.28. The van der Waals surface area contributed by atoms with Crippen LogP contribution < -0.4 is 0 Å². The van der Waals surface area contributed by atoms with Gasteiger partial charge in [-0.3, -0.25) is 4.68 Å². The van der Waals surface area contributed by atoms with Crippen molar-refractivity contribution in [2.45, 2.75) is 6.92 Å². The van der Waals surface area contributed by atoms with E-state index >= 15 is 0 Å². The van der Waals surface area contributed by atoms with Crippen molar-refractivity contribution in [3.8, 4) is 0 Å². The van der Waals surface area contributed by atoms with Gasteiger partial charge >= 0.3 is 5.97 Å². The SMILES string of the molecule is Cc1c2c(Cl)ccc(C(=O)O)c2nn1C. The maximum Gasteiger partial charge on any atom is 0.337 e. The lowest BCUT2D eigenvalue weighted by molar-refractivity contribution is 0.0699. The van der Waals surface area contributed by atoms with E-state index in [-0.39, 0.29) is 5.56 Å². The van der Waals surface area contributed by atoms with E-state index in [1.807, 2.05) is 6.92 Å². The number of carboxylic acids is 1. The van der Waals surface area contributed by atoms with E-state index in [0.29, 0.717) is 15.9 Å². The Bertz CT molecular complexity index is 560. The van der Waals surface area contributed by atoms with E-state index in [1.54, 1.807) is 17.8 Å². The van der Waals surface area contributed by atoms with Crippen LogP contribution in [0.1, 0.15) is 16.1 Å². The van der Waals surface area contributed by atoms with Crippen molar-refractivity contribution in [2.24, 2.45) is 7.05 Å². The number of aryl methyl sites for hydroxylation is 2. The first-order valence-corrected chi connectivity index (χ1v) is 4.75. The van der Waals surface area contributed by atoms with Crippen LogP contribution in [0.5, 0.6) is 0 Å². The van der Waals surface area contributed by atoms with Gasteiger partial charge in [0, 0.05) is 18.1 Å². The fraction of sp³-hybridized carbons (Fsp3) is 0.200. The van der Waals surface area contributed by atoms with Crippen LogP contribution in [0.2, 0.25) is 5.02 Å². The molecule has 0 atom stereocenters. The number of hydrogen-bond donors (Lipinski definition) is 1. The van der Waals surface area contributed by atoms with Crippen molar-refractivity contribution in [3.63, 3.8) is 0 Å². The van der Waals surface area contributed by atoms with Crippen molar-refractivity contribution in [1.29, 1.82) is 0 Å². The first-order chi connectivity index (χ1) is 7.02. The number of halogens is 1. The Morgan fingerprint density at radius 2 is 2.20 bits per heavy atom. The molecular formula is C10H9ClN2O2. The molecule has 78 valence electrons. The quantitative estimate of drug-likeness (QED) is 0.808. The maximum atomic E-state index is 11.0. The zero-order valence-corrected chi connectivity index (χ0v) is 9.04. The molecule has 0 spiro atoms. The van der Waals surface area contributed by atoms with Crippen molar-refractivity contribution in [2.75, 3.05) is 0 Å². The number of rotatable bonds is 1. The third-order valence-corrected chi connectivity index (χ3v) is 2.77. The number of benzene rings is 1. The van der Waals surface area contributed by atoms with Crippen LogP contribution in [0.15, 0.2) is 12.1 Å². The second-order valence-electron chi connectivity index (χ2n) is 3.33. The molecule has 15 heavy (non-hydrogen) atoms. The van der Waals surface area contributed by atoms with Gasteiger partial charge in [-0.2, -0.15) is 5.10 Å². The van der Waals surface area contributed by atoms with Crippen LogP contribution >= 0.6 is 11.6 Å². The number of aromatic carboxylic acids is 1. The summed E-state index contributed by atoms with van der Waals surface area (Å²) in [5.41, 5.74) is 1.48. The molecule has 0 bridgehead atoms. The average molecular weight is 225 g/mol. The third-order valence-electron chi connectivity index (χ3n) is 2.45. The lowest BCUT2D eigenvalue weighted by Crippen LogP contribution is -1.97. The van der Waals surface area contributed by atoms with Gasteiger partial charge in [0.05, 0.1) is 10.6 Å². The standard InChI is InChI=1S/C10H9ClN2O2/c1-5-8-7(11)4-3-6(10(14)15)9(8)12-13(5)2/h3-4H,1-2H3,(H,14,15). The average Bonchev–Trinajstić information content (AvgIpc) is 2.44. The predicted octanol–water partition coefficient (Wildman–Crippen LogP) is 2.23. The molecule has 1 N–H and O–H groups in total. The summed E-state index contributed by atoms with van der Waals surface area (Å²) in [5, 5.41) is 14.4. The van der Waals surface area contributed by atoms with Crippen LogP contribution in [0, 0.1) is 6.92 Å². The van der Waals surface area contributed by atoms with Gasteiger partial charge in [0.2, 0.25) is 0 Å². The lowest BCUT2D eigenvalue weighted by atomic mass is 10.1. The van der Waals surface area contributed by atoms with E-state index in [2.05, 4.69) is 5.10 Å². The molecule has 1 heterocycles. The molecule has 1 aromatic carbocycles. The van der Waals surface area contributed by atoms with Crippen LogP contribution in [0.3, 0.4) is 0 Å². The lowest BCUT2D eigenvalue weighted by Gasteiger charge is -1.98. The first kappa shape index (κ1) is 9.98. The molecule has 4 nitrogen and oxygen atoms in total. The summed E-state index contributed by atoms with van der Waals surface area (Å²) < 4.78 is 1.63. The summed E-state index contributed by atoms with van der Waals surface area (Å²) in [7, 11) is 1.76. The number of fused-ring (bicyclic) bond motifs is 1. The minimum Gasteiger partial charge on any atom is -0.478 e. The van der Waals surface area contributed by atoms with Crippen LogP contribution in [0.25, 0.3) is 10.9 Å². The fourth-order valence-corrected chi connectivity index (χ4v) is 1.86.